The number of aromatic nitrogens is 1. The van der Waals surface area contributed by atoms with Crippen LogP contribution in [-0.2, 0) is 6.42 Å². The lowest BCUT2D eigenvalue weighted by molar-refractivity contribution is 0.250. The lowest BCUT2D eigenvalue weighted by Gasteiger charge is -2.31. The standard InChI is InChI=1S/C14H19Cl2N/c1-14(2)6-3-4-11(14)12(15)8-10-5-7-17-9-13(10)16/h5,7,9,11-12H,3-4,6,8H2,1-2H3. The smallest absolute Gasteiger partial charge is 0.0621 e. The minimum absolute atomic E-state index is 0.174. The molecule has 1 heterocycles. The van der Waals surface area contributed by atoms with E-state index in [1.807, 2.05) is 6.07 Å². The third-order valence-electron chi connectivity index (χ3n) is 4.05. The predicted octanol–water partition coefficient (Wildman–Crippen LogP) is 4.71. The molecule has 94 valence electrons. The maximum Gasteiger partial charge on any atom is 0.0621 e. The van der Waals surface area contributed by atoms with E-state index in [0.717, 1.165) is 17.0 Å². The van der Waals surface area contributed by atoms with Crippen LogP contribution in [0.25, 0.3) is 0 Å². The van der Waals surface area contributed by atoms with Gasteiger partial charge >= 0.3 is 0 Å². The summed E-state index contributed by atoms with van der Waals surface area (Å²) in [5.41, 5.74) is 1.48. The van der Waals surface area contributed by atoms with Crippen LogP contribution in [0.2, 0.25) is 5.02 Å². The van der Waals surface area contributed by atoms with E-state index < -0.39 is 0 Å². The molecule has 2 unspecified atom stereocenters. The van der Waals surface area contributed by atoms with E-state index in [1.54, 1.807) is 12.4 Å². The molecule has 0 bridgehead atoms. The summed E-state index contributed by atoms with van der Waals surface area (Å²) in [5.74, 6) is 0.591. The van der Waals surface area contributed by atoms with Crippen molar-refractivity contribution < 1.29 is 0 Å². The average molecular weight is 272 g/mol. The Morgan fingerprint density at radius 3 is 2.88 bits per heavy atom. The van der Waals surface area contributed by atoms with Gasteiger partial charge in [0, 0.05) is 17.8 Å². The number of halogens is 2. The minimum atomic E-state index is 0.174. The summed E-state index contributed by atoms with van der Waals surface area (Å²) in [6.45, 7) is 4.66. The summed E-state index contributed by atoms with van der Waals surface area (Å²) >= 11 is 12.7. The van der Waals surface area contributed by atoms with Gasteiger partial charge in [0.2, 0.25) is 0 Å². The third-order valence-corrected chi connectivity index (χ3v) is 4.85. The molecule has 2 rings (SSSR count). The molecule has 0 aromatic carbocycles. The Balaban J connectivity index is 2.07. The lowest BCUT2D eigenvalue weighted by atomic mass is 9.78. The van der Waals surface area contributed by atoms with Gasteiger partial charge in [0.1, 0.15) is 0 Å². The van der Waals surface area contributed by atoms with Crippen LogP contribution in [0.5, 0.6) is 0 Å². The first-order valence-corrected chi connectivity index (χ1v) is 7.04. The fraction of sp³-hybridized carbons (Fsp3) is 0.643. The number of hydrogen-bond donors (Lipinski definition) is 0. The second-order valence-corrected chi connectivity index (χ2v) is 6.64. The van der Waals surface area contributed by atoms with Crippen molar-refractivity contribution in [3.63, 3.8) is 0 Å². The van der Waals surface area contributed by atoms with Gasteiger partial charge in [-0.1, -0.05) is 31.9 Å². The highest BCUT2D eigenvalue weighted by Gasteiger charge is 2.38. The van der Waals surface area contributed by atoms with Gasteiger partial charge in [-0.3, -0.25) is 4.98 Å². The minimum Gasteiger partial charge on any atom is -0.263 e. The van der Waals surface area contributed by atoms with E-state index in [9.17, 15) is 0 Å². The van der Waals surface area contributed by atoms with Crippen LogP contribution >= 0.6 is 23.2 Å². The quantitative estimate of drug-likeness (QED) is 0.726. The Morgan fingerprint density at radius 1 is 1.53 bits per heavy atom. The van der Waals surface area contributed by atoms with Gasteiger partial charge in [-0.05, 0) is 42.2 Å². The molecular formula is C14H19Cl2N. The summed E-state index contributed by atoms with van der Waals surface area (Å²) < 4.78 is 0. The van der Waals surface area contributed by atoms with E-state index in [-0.39, 0.29) is 5.38 Å². The Morgan fingerprint density at radius 2 is 2.29 bits per heavy atom. The zero-order valence-corrected chi connectivity index (χ0v) is 11.9. The molecule has 1 nitrogen and oxygen atoms in total. The molecule has 1 aromatic heterocycles. The van der Waals surface area contributed by atoms with E-state index in [4.69, 9.17) is 23.2 Å². The molecule has 0 saturated heterocycles. The van der Waals surface area contributed by atoms with Crippen LogP contribution in [-0.4, -0.2) is 10.4 Å². The summed E-state index contributed by atoms with van der Waals surface area (Å²) in [5, 5.41) is 0.904. The molecule has 0 spiro atoms. The van der Waals surface area contributed by atoms with Crippen LogP contribution in [0.15, 0.2) is 18.5 Å². The van der Waals surface area contributed by atoms with E-state index in [0.29, 0.717) is 11.3 Å². The molecule has 0 N–H and O–H groups in total. The van der Waals surface area contributed by atoms with E-state index in [2.05, 4.69) is 18.8 Å². The topological polar surface area (TPSA) is 12.9 Å². The van der Waals surface area contributed by atoms with Crippen molar-refractivity contribution in [2.75, 3.05) is 0 Å². The fourth-order valence-corrected chi connectivity index (χ4v) is 3.78. The van der Waals surface area contributed by atoms with E-state index >= 15 is 0 Å². The first-order chi connectivity index (χ1) is 8.00. The van der Waals surface area contributed by atoms with Crippen molar-refractivity contribution in [1.82, 2.24) is 4.98 Å². The average Bonchev–Trinajstić information content (AvgIpc) is 2.61. The van der Waals surface area contributed by atoms with Gasteiger partial charge in [-0.25, -0.2) is 0 Å². The number of hydrogen-bond acceptors (Lipinski definition) is 1. The zero-order chi connectivity index (χ0) is 12.5. The van der Waals surface area contributed by atoms with Crippen molar-refractivity contribution in [3.8, 4) is 0 Å². The van der Waals surface area contributed by atoms with Crippen LogP contribution in [0.3, 0.4) is 0 Å². The summed E-state index contributed by atoms with van der Waals surface area (Å²) in [6.07, 6.45) is 8.14. The Bertz CT molecular complexity index is 390. The van der Waals surface area contributed by atoms with Crippen molar-refractivity contribution in [2.45, 2.75) is 44.9 Å². The summed E-state index contributed by atoms with van der Waals surface area (Å²) in [6, 6.07) is 1.97. The summed E-state index contributed by atoms with van der Waals surface area (Å²) in [4.78, 5) is 4.00. The predicted molar refractivity (Wildman–Crippen MR) is 73.7 cm³/mol. The van der Waals surface area contributed by atoms with Crippen molar-refractivity contribution in [2.24, 2.45) is 11.3 Å². The molecule has 1 aliphatic rings. The number of pyridine rings is 1. The van der Waals surface area contributed by atoms with Gasteiger partial charge in [0.25, 0.3) is 0 Å². The molecule has 1 aliphatic carbocycles. The Kier molecular flexibility index (Phi) is 3.99. The molecule has 0 radical (unpaired) electrons. The first-order valence-electron chi connectivity index (χ1n) is 6.23. The number of alkyl halides is 1. The second kappa shape index (κ2) is 5.16. The third kappa shape index (κ3) is 2.95. The maximum atomic E-state index is 6.60. The van der Waals surface area contributed by atoms with Gasteiger partial charge in [0.15, 0.2) is 0 Å². The Labute approximate surface area is 114 Å². The molecular weight excluding hydrogens is 253 g/mol. The number of rotatable bonds is 3. The highest BCUT2D eigenvalue weighted by atomic mass is 35.5. The highest BCUT2D eigenvalue weighted by Crippen LogP contribution is 2.46. The van der Waals surface area contributed by atoms with Crippen molar-refractivity contribution in [1.29, 1.82) is 0 Å². The van der Waals surface area contributed by atoms with Gasteiger partial charge in [-0.15, -0.1) is 11.6 Å². The van der Waals surface area contributed by atoms with Crippen LogP contribution < -0.4 is 0 Å². The molecule has 3 heteroatoms. The lowest BCUT2D eigenvalue weighted by Crippen LogP contribution is -2.27. The normalized spacial score (nSPS) is 24.8. The molecule has 1 saturated carbocycles. The van der Waals surface area contributed by atoms with Crippen LogP contribution in [0.1, 0.15) is 38.7 Å². The molecule has 2 atom stereocenters. The Hall–Kier alpha value is -0.270. The molecule has 17 heavy (non-hydrogen) atoms. The van der Waals surface area contributed by atoms with Crippen molar-refractivity contribution in [3.05, 3.63) is 29.0 Å². The first kappa shape index (κ1) is 13.2. The van der Waals surface area contributed by atoms with Gasteiger partial charge in [0.05, 0.1) is 5.02 Å². The van der Waals surface area contributed by atoms with Crippen molar-refractivity contribution >= 4 is 23.2 Å². The van der Waals surface area contributed by atoms with E-state index in [1.165, 1.54) is 19.3 Å². The largest absolute Gasteiger partial charge is 0.263 e. The molecule has 0 aliphatic heterocycles. The number of nitrogens with zero attached hydrogens (tertiary/aromatic N) is 1. The monoisotopic (exact) mass is 271 g/mol. The molecule has 0 amide bonds. The van der Waals surface area contributed by atoms with Crippen LogP contribution in [0.4, 0.5) is 0 Å². The maximum absolute atomic E-state index is 6.60. The fourth-order valence-electron chi connectivity index (χ4n) is 2.95. The zero-order valence-electron chi connectivity index (χ0n) is 10.4. The highest BCUT2D eigenvalue weighted by molar-refractivity contribution is 6.31. The molecule has 1 fully saturated rings. The molecule has 1 aromatic rings. The van der Waals surface area contributed by atoms with Gasteiger partial charge in [-0.2, -0.15) is 0 Å². The SMILES string of the molecule is CC1(C)CCCC1C(Cl)Cc1ccncc1Cl. The van der Waals surface area contributed by atoms with Crippen LogP contribution in [0, 0.1) is 11.3 Å². The van der Waals surface area contributed by atoms with Gasteiger partial charge < -0.3 is 0 Å². The second-order valence-electron chi connectivity index (χ2n) is 5.67. The summed E-state index contributed by atoms with van der Waals surface area (Å²) in [7, 11) is 0.